The summed E-state index contributed by atoms with van der Waals surface area (Å²) < 4.78 is 17.3. The minimum absolute atomic E-state index is 0.0811. The van der Waals surface area contributed by atoms with Crippen LogP contribution in [0.1, 0.15) is 25.7 Å². The lowest BCUT2D eigenvalue weighted by molar-refractivity contribution is -0.126. The van der Waals surface area contributed by atoms with Gasteiger partial charge in [0.2, 0.25) is 5.91 Å². The second-order valence-corrected chi connectivity index (χ2v) is 8.28. The van der Waals surface area contributed by atoms with Crippen molar-refractivity contribution in [2.24, 2.45) is 5.92 Å². The number of hydrogen-bond acceptors (Lipinski definition) is 7. The van der Waals surface area contributed by atoms with Crippen LogP contribution in [0.2, 0.25) is 0 Å². The number of benzene rings is 1. The number of nitrogens with zero attached hydrogens (tertiary/aromatic N) is 2. The Morgan fingerprint density at radius 3 is 2.50 bits per heavy atom. The van der Waals surface area contributed by atoms with Crippen molar-refractivity contribution in [2.75, 3.05) is 45.4 Å². The molecule has 1 aromatic heterocycles. The molecule has 4 rings (SSSR count). The maximum Gasteiger partial charge on any atom is 0.223 e. The minimum Gasteiger partial charge on any atom is -0.495 e. The molecule has 8 heteroatoms. The largest absolute Gasteiger partial charge is 0.495 e. The minimum atomic E-state index is 0.0811. The zero-order chi connectivity index (χ0) is 19.5. The Morgan fingerprint density at radius 1 is 1.14 bits per heavy atom. The van der Waals surface area contributed by atoms with Crippen LogP contribution in [0.4, 0.5) is 5.13 Å². The van der Waals surface area contributed by atoms with Gasteiger partial charge in [0.05, 0.1) is 14.2 Å². The van der Waals surface area contributed by atoms with E-state index in [0.717, 1.165) is 78.8 Å². The smallest absolute Gasteiger partial charge is 0.223 e. The number of hydrogen-bond donors (Lipinski definition) is 1. The third-order valence-electron chi connectivity index (χ3n) is 5.60. The topological polar surface area (TPSA) is 72.9 Å². The lowest BCUT2D eigenvalue weighted by atomic mass is 9.95. The van der Waals surface area contributed by atoms with E-state index in [1.165, 1.54) is 0 Å². The van der Waals surface area contributed by atoms with Crippen LogP contribution in [0.25, 0.3) is 10.2 Å². The second kappa shape index (κ2) is 8.53. The standard InChI is InChI=1S/C20H27N3O4S/c1-25-15-3-4-16(26-2)18-17(15)22-20(28-18)23-9-5-13(6-10-23)19(24)21-14-7-11-27-12-8-14/h3-4,13-14H,5-12H2,1-2H3,(H,21,24). The number of ether oxygens (including phenoxy) is 3. The summed E-state index contributed by atoms with van der Waals surface area (Å²) in [5.41, 5.74) is 0.834. The SMILES string of the molecule is COc1ccc(OC)c2sc(N3CCC(C(=O)NC4CCOCC4)CC3)nc12. The highest BCUT2D eigenvalue weighted by Crippen LogP contribution is 2.40. The molecule has 7 nitrogen and oxygen atoms in total. The molecule has 0 radical (unpaired) electrons. The maximum absolute atomic E-state index is 12.6. The molecule has 0 saturated carbocycles. The molecule has 3 heterocycles. The van der Waals surface area contributed by atoms with Gasteiger partial charge >= 0.3 is 0 Å². The Labute approximate surface area is 169 Å². The van der Waals surface area contributed by atoms with Gasteiger partial charge in [-0.3, -0.25) is 4.79 Å². The number of methoxy groups -OCH3 is 2. The van der Waals surface area contributed by atoms with Crippen molar-refractivity contribution < 1.29 is 19.0 Å². The van der Waals surface area contributed by atoms with E-state index in [9.17, 15) is 4.79 Å². The first-order valence-electron chi connectivity index (χ1n) is 9.84. The fraction of sp³-hybridized carbons (Fsp3) is 0.600. The number of carbonyl (C=O) groups excluding carboxylic acids is 1. The lowest BCUT2D eigenvalue weighted by Gasteiger charge is -2.32. The van der Waals surface area contributed by atoms with Gasteiger partial charge in [-0.05, 0) is 37.8 Å². The van der Waals surface area contributed by atoms with Crippen molar-refractivity contribution in [3.63, 3.8) is 0 Å². The summed E-state index contributed by atoms with van der Waals surface area (Å²) in [5.74, 6) is 1.84. The van der Waals surface area contributed by atoms with E-state index in [0.29, 0.717) is 0 Å². The van der Waals surface area contributed by atoms with E-state index in [4.69, 9.17) is 19.2 Å². The van der Waals surface area contributed by atoms with Crippen molar-refractivity contribution in [3.8, 4) is 11.5 Å². The number of rotatable bonds is 5. The van der Waals surface area contributed by atoms with Gasteiger partial charge < -0.3 is 24.4 Å². The van der Waals surface area contributed by atoms with Crippen LogP contribution in [0, 0.1) is 5.92 Å². The molecular formula is C20H27N3O4S. The Kier molecular flexibility index (Phi) is 5.87. The molecule has 2 saturated heterocycles. The summed E-state index contributed by atoms with van der Waals surface area (Å²) in [4.78, 5) is 19.7. The van der Waals surface area contributed by atoms with Gasteiger partial charge in [-0.2, -0.15) is 0 Å². The molecule has 0 atom stereocenters. The Morgan fingerprint density at radius 2 is 1.82 bits per heavy atom. The molecule has 2 fully saturated rings. The predicted molar refractivity (Wildman–Crippen MR) is 110 cm³/mol. The zero-order valence-corrected chi connectivity index (χ0v) is 17.2. The Bertz CT molecular complexity index is 785. The molecule has 2 aliphatic heterocycles. The van der Waals surface area contributed by atoms with Crippen molar-refractivity contribution in [2.45, 2.75) is 31.7 Å². The monoisotopic (exact) mass is 405 g/mol. The Balaban J connectivity index is 1.41. The van der Waals surface area contributed by atoms with Crippen molar-refractivity contribution in [3.05, 3.63) is 12.1 Å². The van der Waals surface area contributed by atoms with E-state index in [1.54, 1.807) is 25.6 Å². The number of nitrogens with one attached hydrogen (secondary N) is 1. The quantitative estimate of drug-likeness (QED) is 0.825. The van der Waals surface area contributed by atoms with Gasteiger partial charge in [0.15, 0.2) is 5.13 Å². The van der Waals surface area contributed by atoms with Crippen molar-refractivity contribution >= 4 is 32.6 Å². The van der Waals surface area contributed by atoms with E-state index >= 15 is 0 Å². The maximum atomic E-state index is 12.6. The van der Waals surface area contributed by atoms with Crippen LogP contribution in [0.15, 0.2) is 12.1 Å². The molecule has 2 aliphatic rings. The molecule has 0 spiro atoms. The molecule has 0 bridgehead atoms. The Hall–Kier alpha value is -2.06. The highest BCUT2D eigenvalue weighted by molar-refractivity contribution is 7.22. The van der Waals surface area contributed by atoms with Gasteiger partial charge in [-0.15, -0.1) is 0 Å². The summed E-state index contributed by atoms with van der Waals surface area (Å²) in [7, 11) is 3.33. The molecule has 1 aromatic carbocycles. The predicted octanol–water partition coefficient (Wildman–Crippen LogP) is 2.83. The van der Waals surface area contributed by atoms with Crippen LogP contribution in [0.5, 0.6) is 11.5 Å². The summed E-state index contributed by atoms with van der Waals surface area (Å²) in [5, 5.41) is 4.17. The normalized spacial score (nSPS) is 19.0. The molecule has 152 valence electrons. The number of aromatic nitrogens is 1. The summed E-state index contributed by atoms with van der Waals surface area (Å²) in [6.07, 6.45) is 3.53. The van der Waals surface area contributed by atoms with Crippen molar-refractivity contribution in [1.82, 2.24) is 10.3 Å². The molecule has 1 N–H and O–H groups in total. The van der Waals surface area contributed by atoms with Crippen LogP contribution >= 0.6 is 11.3 Å². The summed E-state index contributed by atoms with van der Waals surface area (Å²) >= 11 is 1.62. The highest BCUT2D eigenvalue weighted by Gasteiger charge is 2.28. The van der Waals surface area contributed by atoms with E-state index < -0.39 is 0 Å². The molecular weight excluding hydrogens is 378 g/mol. The zero-order valence-electron chi connectivity index (χ0n) is 16.4. The molecule has 1 amide bonds. The fourth-order valence-electron chi connectivity index (χ4n) is 3.90. The van der Waals surface area contributed by atoms with E-state index in [2.05, 4.69) is 10.2 Å². The molecule has 0 aliphatic carbocycles. The van der Waals surface area contributed by atoms with Crippen molar-refractivity contribution in [1.29, 1.82) is 0 Å². The molecule has 0 unspecified atom stereocenters. The van der Waals surface area contributed by atoms with Gasteiger partial charge in [0.25, 0.3) is 0 Å². The van der Waals surface area contributed by atoms with Crippen LogP contribution < -0.4 is 19.7 Å². The number of piperidine rings is 1. The van der Waals surface area contributed by atoms with Crippen LogP contribution in [0.3, 0.4) is 0 Å². The summed E-state index contributed by atoms with van der Waals surface area (Å²) in [6.45, 7) is 3.15. The van der Waals surface area contributed by atoms with Gasteiger partial charge in [-0.25, -0.2) is 4.98 Å². The average Bonchev–Trinajstić information content (AvgIpc) is 3.19. The lowest BCUT2D eigenvalue weighted by Crippen LogP contribution is -2.45. The molecule has 28 heavy (non-hydrogen) atoms. The number of thiazole rings is 1. The third-order valence-corrected chi connectivity index (χ3v) is 6.73. The average molecular weight is 406 g/mol. The second-order valence-electron chi connectivity index (χ2n) is 7.30. The third kappa shape index (κ3) is 3.89. The first-order valence-corrected chi connectivity index (χ1v) is 10.7. The first-order chi connectivity index (χ1) is 13.7. The number of amides is 1. The first kappa shape index (κ1) is 19.3. The number of fused-ring (bicyclic) bond motifs is 1. The number of carbonyl (C=O) groups is 1. The van der Waals surface area contributed by atoms with Crippen LogP contribution in [-0.4, -0.2) is 57.5 Å². The van der Waals surface area contributed by atoms with Gasteiger partial charge in [0.1, 0.15) is 21.7 Å². The van der Waals surface area contributed by atoms with E-state index in [-0.39, 0.29) is 17.9 Å². The number of anilines is 1. The van der Waals surface area contributed by atoms with Gasteiger partial charge in [0, 0.05) is 38.3 Å². The van der Waals surface area contributed by atoms with Gasteiger partial charge in [-0.1, -0.05) is 11.3 Å². The fourth-order valence-corrected chi connectivity index (χ4v) is 5.03. The van der Waals surface area contributed by atoms with E-state index in [1.807, 2.05) is 12.1 Å². The molecule has 2 aromatic rings. The highest BCUT2D eigenvalue weighted by atomic mass is 32.1. The van der Waals surface area contributed by atoms with Crippen LogP contribution in [-0.2, 0) is 9.53 Å². The summed E-state index contributed by atoms with van der Waals surface area (Å²) in [6, 6.07) is 4.07.